The summed E-state index contributed by atoms with van der Waals surface area (Å²) < 4.78 is 0.939. The molecule has 0 aliphatic rings. The fourth-order valence-electron chi connectivity index (χ4n) is 1.36. The van der Waals surface area contributed by atoms with Gasteiger partial charge >= 0.3 is 0 Å². The van der Waals surface area contributed by atoms with E-state index >= 15 is 0 Å². The van der Waals surface area contributed by atoms with Crippen LogP contribution >= 0.6 is 27.5 Å². The zero-order chi connectivity index (χ0) is 11.0. The molecule has 1 aromatic carbocycles. The maximum atomic E-state index is 11.2. The Labute approximate surface area is 100 Å². The highest BCUT2D eigenvalue weighted by Gasteiger charge is 2.08. The van der Waals surface area contributed by atoms with Crippen LogP contribution in [-0.4, -0.2) is 10.8 Å². The summed E-state index contributed by atoms with van der Waals surface area (Å²) in [6.07, 6.45) is 0. The number of fused-ring (bicyclic) bond motifs is 1. The Morgan fingerprint density at radius 2 is 2.13 bits per heavy atom. The van der Waals surface area contributed by atoms with Gasteiger partial charge in [0.25, 0.3) is 0 Å². The van der Waals surface area contributed by atoms with E-state index in [1.807, 2.05) is 18.2 Å². The van der Waals surface area contributed by atoms with Gasteiger partial charge in [0.05, 0.1) is 11.1 Å². The number of nitrogens with zero attached hydrogens (tertiary/aromatic N) is 1. The summed E-state index contributed by atoms with van der Waals surface area (Å²) in [4.78, 5) is 15.4. The van der Waals surface area contributed by atoms with E-state index in [-0.39, 0.29) is 10.9 Å². The highest BCUT2D eigenvalue weighted by Crippen LogP contribution is 2.23. The second kappa shape index (κ2) is 3.91. The van der Waals surface area contributed by atoms with Gasteiger partial charge in [-0.05, 0) is 25.1 Å². The summed E-state index contributed by atoms with van der Waals surface area (Å²) in [5.41, 5.74) is 1.24. The Bertz CT molecular complexity index is 554. The first-order valence-corrected chi connectivity index (χ1v) is 5.52. The topological polar surface area (TPSA) is 30.0 Å². The molecule has 0 unspecified atom stereocenters. The van der Waals surface area contributed by atoms with Crippen LogP contribution in [0.15, 0.2) is 28.7 Å². The van der Waals surface area contributed by atoms with Crippen molar-refractivity contribution in [2.24, 2.45) is 0 Å². The minimum atomic E-state index is -0.0719. The molecule has 0 bridgehead atoms. The number of hydrogen-bond donors (Lipinski definition) is 0. The van der Waals surface area contributed by atoms with E-state index in [1.165, 1.54) is 6.92 Å². The molecule has 0 N–H and O–H groups in total. The van der Waals surface area contributed by atoms with Crippen LogP contribution in [0.3, 0.4) is 0 Å². The summed E-state index contributed by atoms with van der Waals surface area (Å²) in [7, 11) is 0. The molecule has 0 amide bonds. The molecule has 0 atom stereocenters. The van der Waals surface area contributed by atoms with Crippen molar-refractivity contribution in [3.8, 4) is 0 Å². The average Bonchev–Trinajstić information content (AvgIpc) is 2.15. The molecule has 0 aliphatic heterocycles. The Kier molecular flexibility index (Phi) is 2.76. The number of carbonyl (C=O) groups is 1. The third-order valence-corrected chi connectivity index (χ3v) is 2.89. The largest absolute Gasteiger partial charge is 0.294 e. The summed E-state index contributed by atoms with van der Waals surface area (Å²) in [6, 6.07) is 7.43. The lowest BCUT2D eigenvalue weighted by atomic mass is 10.1. The van der Waals surface area contributed by atoms with E-state index in [4.69, 9.17) is 11.6 Å². The van der Waals surface area contributed by atoms with Gasteiger partial charge in [0.1, 0.15) is 5.15 Å². The van der Waals surface area contributed by atoms with Gasteiger partial charge in [0.15, 0.2) is 5.78 Å². The highest BCUT2D eigenvalue weighted by atomic mass is 79.9. The van der Waals surface area contributed by atoms with Gasteiger partial charge in [0.2, 0.25) is 0 Å². The first kappa shape index (κ1) is 10.6. The molecular weight excluding hydrogens is 277 g/mol. The molecule has 76 valence electrons. The van der Waals surface area contributed by atoms with Gasteiger partial charge in [-0.25, -0.2) is 4.98 Å². The van der Waals surface area contributed by atoms with E-state index in [9.17, 15) is 4.79 Å². The van der Waals surface area contributed by atoms with Gasteiger partial charge in [-0.15, -0.1) is 0 Å². The zero-order valence-electron chi connectivity index (χ0n) is 7.92. The zero-order valence-corrected chi connectivity index (χ0v) is 10.3. The molecule has 4 heteroatoms. The molecule has 2 rings (SSSR count). The number of hydrogen-bond acceptors (Lipinski definition) is 2. The van der Waals surface area contributed by atoms with E-state index in [0.717, 1.165) is 15.4 Å². The van der Waals surface area contributed by atoms with Crippen LogP contribution in [0.1, 0.15) is 17.3 Å². The van der Waals surface area contributed by atoms with Gasteiger partial charge in [-0.1, -0.05) is 33.6 Å². The van der Waals surface area contributed by atoms with E-state index in [2.05, 4.69) is 20.9 Å². The van der Waals surface area contributed by atoms with Crippen LogP contribution in [0.5, 0.6) is 0 Å². The van der Waals surface area contributed by atoms with Crippen LogP contribution in [0, 0.1) is 0 Å². The minimum Gasteiger partial charge on any atom is -0.294 e. The van der Waals surface area contributed by atoms with Crippen LogP contribution in [0.4, 0.5) is 0 Å². The van der Waals surface area contributed by atoms with Crippen molar-refractivity contribution in [1.82, 2.24) is 4.98 Å². The summed E-state index contributed by atoms with van der Waals surface area (Å²) >= 11 is 9.26. The monoisotopic (exact) mass is 283 g/mol. The maximum absolute atomic E-state index is 11.2. The molecular formula is C11H7BrClNO. The number of halogens is 2. The molecule has 0 saturated heterocycles. The number of carbonyl (C=O) groups excluding carboxylic acids is 1. The second-order valence-corrected chi connectivity index (χ2v) is 4.49. The van der Waals surface area contributed by atoms with Crippen LogP contribution < -0.4 is 0 Å². The third kappa shape index (κ3) is 2.03. The summed E-state index contributed by atoms with van der Waals surface area (Å²) in [5.74, 6) is -0.0719. The van der Waals surface area contributed by atoms with Gasteiger partial charge in [-0.2, -0.15) is 0 Å². The molecule has 1 heterocycles. The SMILES string of the molecule is CC(=O)c1cc2ccc(Br)cc2nc1Cl. The van der Waals surface area contributed by atoms with Crippen molar-refractivity contribution in [3.63, 3.8) is 0 Å². The Morgan fingerprint density at radius 3 is 2.80 bits per heavy atom. The number of rotatable bonds is 1. The van der Waals surface area contributed by atoms with Crippen LogP contribution in [-0.2, 0) is 0 Å². The summed E-state index contributed by atoms with van der Waals surface area (Å²) in [6.45, 7) is 1.48. The molecule has 0 spiro atoms. The number of pyridine rings is 1. The summed E-state index contributed by atoms with van der Waals surface area (Å²) in [5, 5.41) is 1.17. The van der Waals surface area contributed by atoms with Gasteiger partial charge in [0, 0.05) is 9.86 Å². The van der Waals surface area contributed by atoms with Gasteiger partial charge < -0.3 is 0 Å². The van der Waals surface area contributed by atoms with Crippen molar-refractivity contribution >= 4 is 44.2 Å². The molecule has 0 fully saturated rings. The lowest BCUT2D eigenvalue weighted by molar-refractivity contribution is 0.101. The normalized spacial score (nSPS) is 10.6. The number of Topliss-reactive ketones (excluding diaryl/α,β-unsaturated/α-hetero) is 1. The van der Waals surface area contributed by atoms with Crippen molar-refractivity contribution in [2.75, 3.05) is 0 Å². The van der Waals surface area contributed by atoms with Gasteiger partial charge in [-0.3, -0.25) is 4.79 Å². The van der Waals surface area contributed by atoms with Crippen molar-refractivity contribution < 1.29 is 4.79 Å². The Morgan fingerprint density at radius 1 is 1.40 bits per heavy atom. The molecule has 2 aromatic rings. The fraction of sp³-hybridized carbons (Fsp3) is 0.0909. The first-order chi connectivity index (χ1) is 7.08. The predicted octanol–water partition coefficient (Wildman–Crippen LogP) is 3.85. The van der Waals surface area contributed by atoms with Crippen molar-refractivity contribution in [3.05, 3.63) is 39.5 Å². The molecule has 15 heavy (non-hydrogen) atoms. The Balaban J connectivity index is 2.76. The quantitative estimate of drug-likeness (QED) is 0.588. The molecule has 0 radical (unpaired) electrons. The fourth-order valence-corrected chi connectivity index (χ4v) is 1.99. The maximum Gasteiger partial charge on any atom is 0.162 e. The smallest absolute Gasteiger partial charge is 0.162 e. The van der Waals surface area contributed by atoms with E-state index in [0.29, 0.717) is 5.56 Å². The Hall–Kier alpha value is -0.930. The molecule has 0 aliphatic carbocycles. The highest BCUT2D eigenvalue weighted by molar-refractivity contribution is 9.10. The van der Waals surface area contributed by atoms with Crippen molar-refractivity contribution in [2.45, 2.75) is 6.92 Å². The molecule has 1 aromatic heterocycles. The lowest BCUT2D eigenvalue weighted by Gasteiger charge is -2.03. The van der Waals surface area contributed by atoms with Crippen LogP contribution in [0.2, 0.25) is 5.15 Å². The number of benzene rings is 1. The van der Waals surface area contributed by atoms with E-state index < -0.39 is 0 Å². The standard InChI is InChI=1S/C11H7BrClNO/c1-6(15)9-4-7-2-3-8(12)5-10(7)14-11(9)13/h2-5H,1H3. The molecule has 0 saturated carbocycles. The second-order valence-electron chi connectivity index (χ2n) is 3.22. The average molecular weight is 285 g/mol. The van der Waals surface area contributed by atoms with Crippen molar-refractivity contribution in [1.29, 1.82) is 0 Å². The lowest BCUT2D eigenvalue weighted by Crippen LogP contribution is -1.95. The first-order valence-electron chi connectivity index (χ1n) is 4.34. The number of aromatic nitrogens is 1. The predicted molar refractivity (Wildman–Crippen MR) is 64.5 cm³/mol. The number of ketones is 1. The van der Waals surface area contributed by atoms with Crippen LogP contribution in [0.25, 0.3) is 10.9 Å². The minimum absolute atomic E-state index is 0.0719. The third-order valence-electron chi connectivity index (χ3n) is 2.11. The van der Waals surface area contributed by atoms with E-state index in [1.54, 1.807) is 6.07 Å². The molecule has 2 nitrogen and oxygen atoms in total.